The van der Waals surface area contributed by atoms with Gasteiger partial charge in [0.15, 0.2) is 0 Å². The number of benzene rings is 3. The van der Waals surface area contributed by atoms with Crippen LogP contribution in [0, 0.1) is 0 Å². The summed E-state index contributed by atoms with van der Waals surface area (Å²) in [6, 6.07) is 23.5. The molecule has 0 aromatic heterocycles. The van der Waals surface area contributed by atoms with Gasteiger partial charge in [-0.15, -0.1) is 0 Å². The Morgan fingerprint density at radius 3 is 2.13 bits per heavy atom. The van der Waals surface area contributed by atoms with Gasteiger partial charge in [0, 0.05) is 42.8 Å². The maximum Gasteiger partial charge on any atom is 0.119 e. The van der Waals surface area contributed by atoms with Crippen molar-refractivity contribution in [3.05, 3.63) is 93.4 Å². The molecule has 1 saturated heterocycles. The van der Waals surface area contributed by atoms with Crippen LogP contribution < -0.4 is 9.64 Å². The highest BCUT2D eigenvalue weighted by molar-refractivity contribution is 6.36. The molecule has 1 aliphatic heterocycles. The maximum absolute atomic E-state index is 6.32. The molecule has 3 aromatic carbocycles. The first-order chi connectivity index (χ1) is 15.0. The van der Waals surface area contributed by atoms with Crippen LogP contribution in [0.5, 0.6) is 5.75 Å². The average Bonchev–Trinajstić information content (AvgIpc) is 2.79. The zero-order valence-electron chi connectivity index (χ0n) is 17.6. The van der Waals surface area contributed by atoms with Crippen LogP contribution in [0.15, 0.2) is 72.8 Å². The Morgan fingerprint density at radius 2 is 1.52 bits per heavy atom. The number of halogens is 3. The van der Waals surface area contributed by atoms with Crippen LogP contribution in [0.25, 0.3) is 0 Å². The Bertz CT molecular complexity index is 945. The van der Waals surface area contributed by atoms with Gasteiger partial charge in [0.1, 0.15) is 5.75 Å². The summed E-state index contributed by atoms with van der Waals surface area (Å²) >= 11 is 17.8. The smallest absolute Gasteiger partial charge is 0.119 e. The molecule has 0 atom stereocenters. The van der Waals surface area contributed by atoms with Gasteiger partial charge >= 0.3 is 0 Å². The van der Waals surface area contributed by atoms with Crippen molar-refractivity contribution in [2.45, 2.75) is 6.42 Å². The normalized spacial score (nSPS) is 14.0. The Kier molecular flexibility index (Phi) is 9.35. The molecule has 0 saturated carbocycles. The highest BCUT2D eigenvalue weighted by Gasteiger charge is 2.18. The first-order valence-electron chi connectivity index (χ1n) is 10.3. The molecule has 3 nitrogen and oxygen atoms in total. The Hall–Kier alpha value is -1.91. The van der Waals surface area contributed by atoms with Crippen molar-refractivity contribution in [2.24, 2.45) is 0 Å². The molecule has 0 aliphatic carbocycles. The summed E-state index contributed by atoms with van der Waals surface area (Å²) < 4.78 is 5.29. The lowest BCUT2D eigenvalue weighted by atomic mass is 10.1. The van der Waals surface area contributed by atoms with Gasteiger partial charge in [-0.3, -0.25) is 4.90 Å². The van der Waals surface area contributed by atoms with E-state index in [1.54, 1.807) is 7.11 Å². The molecule has 1 aliphatic rings. The number of ether oxygens (including phenoxy) is 1. The molecule has 31 heavy (non-hydrogen) atoms. The summed E-state index contributed by atoms with van der Waals surface area (Å²) in [7, 11) is 1.71. The zero-order chi connectivity index (χ0) is 22.1. The largest absolute Gasteiger partial charge is 0.497 e. The lowest BCUT2D eigenvalue weighted by molar-refractivity contribution is 0.261. The van der Waals surface area contributed by atoms with Crippen LogP contribution in [0.3, 0.4) is 0 Å². The summed E-state index contributed by atoms with van der Waals surface area (Å²) in [5.41, 5.74) is 2.39. The number of nitrogens with zero attached hydrogens (tertiary/aromatic N) is 2. The summed E-state index contributed by atoms with van der Waals surface area (Å²) in [4.78, 5) is 4.83. The van der Waals surface area contributed by atoms with Gasteiger partial charge in [-0.2, -0.15) is 0 Å². The molecular formula is C25H27Cl3N2O. The standard InChI is InChI=1S/C19H22Cl2N2O.C6H5Cl/c1-24-17-4-2-3-15(13-17)7-8-22-9-11-23(12-10-22)19-6-5-16(20)14-18(19)21;7-6-4-2-1-3-5-6/h2-6,13-14H,7-12H2,1H3;1-5H. The lowest BCUT2D eigenvalue weighted by Gasteiger charge is -2.36. The van der Waals surface area contributed by atoms with Crippen molar-refractivity contribution in [1.82, 2.24) is 4.90 Å². The van der Waals surface area contributed by atoms with E-state index in [2.05, 4.69) is 28.0 Å². The van der Waals surface area contributed by atoms with Gasteiger partial charge in [0.05, 0.1) is 17.8 Å². The van der Waals surface area contributed by atoms with Crippen LogP contribution in [-0.2, 0) is 6.42 Å². The van der Waals surface area contributed by atoms with Crippen LogP contribution in [0.2, 0.25) is 15.1 Å². The molecule has 4 rings (SSSR count). The predicted molar refractivity (Wildman–Crippen MR) is 133 cm³/mol. The van der Waals surface area contributed by atoms with E-state index in [0.29, 0.717) is 5.02 Å². The van der Waals surface area contributed by atoms with Gasteiger partial charge < -0.3 is 9.64 Å². The van der Waals surface area contributed by atoms with E-state index in [0.717, 1.165) is 60.6 Å². The molecule has 0 bridgehead atoms. The monoisotopic (exact) mass is 476 g/mol. The Labute approximate surface area is 200 Å². The molecule has 1 fully saturated rings. The Balaban J connectivity index is 0.000000330. The van der Waals surface area contributed by atoms with E-state index in [-0.39, 0.29) is 0 Å². The molecule has 6 heteroatoms. The predicted octanol–water partition coefficient (Wildman–Crippen LogP) is 6.71. The van der Waals surface area contributed by atoms with E-state index in [9.17, 15) is 0 Å². The summed E-state index contributed by atoms with van der Waals surface area (Å²) in [5, 5.41) is 2.20. The van der Waals surface area contributed by atoms with Gasteiger partial charge in [-0.1, -0.05) is 65.1 Å². The maximum atomic E-state index is 6.32. The van der Waals surface area contributed by atoms with Crippen LogP contribution >= 0.6 is 34.8 Å². The highest BCUT2D eigenvalue weighted by Crippen LogP contribution is 2.29. The van der Waals surface area contributed by atoms with Gasteiger partial charge in [-0.25, -0.2) is 0 Å². The van der Waals surface area contributed by atoms with E-state index >= 15 is 0 Å². The third kappa shape index (κ3) is 7.62. The van der Waals surface area contributed by atoms with Crippen LogP contribution in [-0.4, -0.2) is 44.7 Å². The number of hydrogen-bond acceptors (Lipinski definition) is 3. The SMILES string of the molecule is COc1cccc(CCN2CCN(c3ccc(Cl)cc3Cl)CC2)c1.Clc1ccccc1. The molecule has 0 radical (unpaired) electrons. The number of rotatable bonds is 5. The first kappa shape index (κ1) is 23.7. The number of hydrogen-bond donors (Lipinski definition) is 0. The van der Waals surface area contributed by atoms with Crippen molar-refractivity contribution in [2.75, 3.05) is 44.7 Å². The van der Waals surface area contributed by atoms with E-state index < -0.39 is 0 Å². The zero-order valence-corrected chi connectivity index (χ0v) is 19.9. The van der Waals surface area contributed by atoms with Gasteiger partial charge in [0.25, 0.3) is 0 Å². The first-order valence-corrected chi connectivity index (χ1v) is 11.4. The lowest BCUT2D eigenvalue weighted by Crippen LogP contribution is -2.47. The third-order valence-electron chi connectivity index (χ3n) is 5.21. The minimum atomic E-state index is 0.681. The van der Waals surface area contributed by atoms with E-state index in [1.807, 2.05) is 54.6 Å². The van der Waals surface area contributed by atoms with Gasteiger partial charge in [-0.05, 0) is 54.4 Å². The molecular weight excluding hydrogens is 451 g/mol. The summed E-state index contributed by atoms with van der Waals surface area (Å²) in [6.07, 6.45) is 1.04. The quantitative estimate of drug-likeness (QED) is 0.406. The topological polar surface area (TPSA) is 15.7 Å². The molecule has 164 valence electrons. The second-order valence-corrected chi connectivity index (χ2v) is 8.60. The molecule has 0 amide bonds. The van der Waals surface area contributed by atoms with Crippen molar-refractivity contribution < 1.29 is 4.74 Å². The van der Waals surface area contributed by atoms with Crippen LogP contribution in [0.1, 0.15) is 5.56 Å². The van der Waals surface area contributed by atoms with Crippen LogP contribution in [0.4, 0.5) is 5.69 Å². The number of methoxy groups -OCH3 is 1. The number of piperazine rings is 1. The van der Waals surface area contributed by atoms with Crippen molar-refractivity contribution in [3.8, 4) is 5.75 Å². The molecule has 1 heterocycles. The minimum Gasteiger partial charge on any atom is -0.497 e. The highest BCUT2D eigenvalue weighted by atomic mass is 35.5. The number of anilines is 1. The van der Waals surface area contributed by atoms with E-state index in [1.165, 1.54) is 5.56 Å². The fourth-order valence-corrected chi connectivity index (χ4v) is 4.15. The van der Waals surface area contributed by atoms with Crippen molar-refractivity contribution in [1.29, 1.82) is 0 Å². The van der Waals surface area contributed by atoms with Crippen molar-refractivity contribution >= 4 is 40.5 Å². The summed E-state index contributed by atoms with van der Waals surface area (Å²) in [6.45, 7) is 5.13. The third-order valence-corrected chi connectivity index (χ3v) is 6.00. The minimum absolute atomic E-state index is 0.681. The fraction of sp³-hybridized carbons (Fsp3) is 0.280. The molecule has 0 unspecified atom stereocenters. The second kappa shape index (κ2) is 12.2. The average molecular weight is 478 g/mol. The molecule has 0 spiro atoms. The fourth-order valence-electron chi connectivity index (χ4n) is 3.48. The van der Waals surface area contributed by atoms with E-state index in [4.69, 9.17) is 39.5 Å². The van der Waals surface area contributed by atoms with Gasteiger partial charge in [0.2, 0.25) is 0 Å². The molecule has 0 N–H and O–H groups in total. The summed E-state index contributed by atoms with van der Waals surface area (Å²) in [5.74, 6) is 0.926. The Morgan fingerprint density at radius 1 is 0.774 bits per heavy atom. The molecule has 3 aromatic rings. The second-order valence-electron chi connectivity index (χ2n) is 7.32. The van der Waals surface area contributed by atoms with Crippen molar-refractivity contribution in [3.63, 3.8) is 0 Å².